The van der Waals surface area contributed by atoms with E-state index in [1.807, 2.05) is 0 Å². The first kappa shape index (κ1) is 13.3. The average molecular weight is 226 g/mol. The molecule has 0 fully saturated rings. The van der Waals surface area contributed by atoms with E-state index in [9.17, 15) is 13.2 Å². The van der Waals surface area contributed by atoms with Crippen LogP contribution in [0.25, 0.3) is 0 Å². The van der Waals surface area contributed by atoms with Crippen molar-refractivity contribution < 1.29 is 13.2 Å². The standard InChI is InChI=1S/C9H10F3N.ClH/c1-5-2-3-6(10)4-7(5)8(13)9(11)12;/h2-4,8-9H,13H2,1H3;1H/t8-;/m0./s1. The molecule has 0 amide bonds. The maximum atomic E-state index is 12.7. The summed E-state index contributed by atoms with van der Waals surface area (Å²) in [6, 6.07) is 2.30. The van der Waals surface area contributed by atoms with Gasteiger partial charge in [0.2, 0.25) is 0 Å². The van der Waals surface area contributed by atoms with E-state index < -0.39 is 18.3 Å². The predicted octanol–water partition coefficient (Wildman–Crippen LogP) is 2.82. The summed E-state index contributed by atoms with van der Waals surface area (Å²) in [6.07, 6.45) is -2.67. The quantitative estimate of drug-likeness (QED) is 0.823. The molecule has 0 aromatic heterocycles. The van der Waals surface area contributed by atoms with Crippen LogP contribution in [0, 0.1) is 12.7 Å². The second kappa shape index (κ2) is 5.22. The lowest BCUT2D eigenvalue weighted by Gasteiger charge is -2.13. The number of hydrogen-bond donors (Lipinski definition) is 1. The number of halogens is 4. The SMILES string of the molecule is Cc1ccc(F)cc1[C@H](N)C(F)F.Cl. The summed E-state index contributed by atoms with van der Waals surface area (Å²) in [5.41, 5.74) is 5.93. The highest BCUT2D eigenvalue weighted by Gasteiger charge is 2.19. The lowest BCUT2D eigenvalue weighted by Crippen LogP contribution is -2.20. The molecule has 0 aliphatic rings. The van der Waals surface area contributed by atoms with Gasteiger partial charge in [0, 0.05) is 0 Å². The van der Waals surface area contributed by atoms with Crippen molar-refractivity contribution in [3.8, 4) is 0 Å². The Balaban J connectivity index is 0.00000169. The predicted molar refractivity (Wildman–Crippen MR) is 51.3 cm³/mol. The smallest absolute Gasteiger partial charge is 0.257 e. The highest BCUT2D eigenvalue weighted by molar-refractivity contribution is 5.85. The van der Waals surface area contributed by atoms with Crippen LogP contribution in [0.5, 0.6) is 0 Å². The fraction of sp³-hybridized carbons (Fsp3) is 0.333. The van der Waals surface area contributed by atoms with Crippen molar-refractivity contribution in [3.05, 3.63) is 35.1 Å². The lowest BCUT2D eigenvalue weighted by molar-refractivity contribution is 0.116. The molecule has 0 heterocycles. The Bertz CT molecular complexity index is 304. The second-order valence-corrected chi connectivity index (χ2v) is 2.86. The fourth-order valence-electron chi connectivity index (χ4n) is 1.11. The summed E-state index contributed by atoms with van der Waals surface area (Å²) < 4.78 is 37.0. The first-order valence-corrected chi connectivity index (χ1v) is 3.82. The Labute approximate surface area is 86.5 Å². The van der Waals surface area contributed by atoms with Crippen molar-refractivity contribution >= 4 is 12.4 Å². The van der Waals surface area contributed by atoms with Crippen molar-refractivity contribution in [3.63, 3.8) is 0 Å². The monoisotopic (exact) mass is 225 g/mol. The number of rotatable bonds is 2. The maximum absolute atomic E-state index is 12.7. The third kappa shape index (κ3) is 2.89. The van der Waals surface area contributed by atoms with Crippen molar-refractivity contribution in [1.29, 1.82) is 0 Å². The number of benzene rings is 1. The third-order valence-electron chi connectivity index (χ3n) is 1.87. The van der Waals surface area contributed by atoms with Crippen LogP contribution in [0.2, 0.25) is 0 Å². The zero-order valence-electron chi connectivity index (χ0n) is 7.51. The van der Waals surface area contributed by atoms with Gasteiger partial charge in [0.15, 0.2) is 0 Å². The van der Waals surface area contributed by atoms with Gasteiger partial charge in [-0.2, -0.15) is 0 Å². The molecule has 0 spiro atoms. The van der Waals surface area contributed by atoms with Crippen molar-refractivity contribution in [2.75, 3.05) is 0 Å². The Hall–Kier alpha value is -0.740. The summed E-state index contributed by atoms with van der Waals surface area (Å²) in [6.45, 7) is 1.62. The molecule has 5 heteroatoms. The van der Waals surface area contributed by atoms with Crippen LogP contribution >= 0.6 is 12.4 Å². The average Bonchev–Trinajstić information content (AvgIpc) is 2.08. The molecule has 0 radical (unpaired) electrons. The molecule has 0 aliphatic heterocycles. The van der Waals surface area contributed by atoms with Gasteiger partial charge >= 0.3 is 0 Å². The molecular weight excluding hydrogens is 215 g/mol. The minimum absolute atomic E-state index is 0. The number of hydrogen-bond acceptors (Lipinski definition) is 1. The van der Waals surface area contributed by atoms with Crippen molar-refractivity contribution in [2.45, 2.75) is 19.4 Å². The van der Waals surface area contributed by atoms with E-state index in [1.165, 1.54) is 12.1 Å². The van der Waals surface area contributed by atoms with Gasteiger partial charge in [-0.1, -0.05) is 6.07 Å². The highest BCUT2D eigenvalue weighted by Crippen LogP contribution is 2.21. The van der Waals surface area contributed by atoms with Crippen LogP contribution in [-0.4, -0.2) is 6.43 Å². The molecule has 0 aliphatic carbocycles. The van der Waals surface area contributed by atoms with E-state index in [4.69, 9.17) is 5.73 Å². The topological polar surface area (TPSA) is 26.0 Å². The molecule has 0 saturated heterocycles. The molecule has 1 nitrogen and oxygen atoms in total. The molecule has 80 valence electrons. The van der Waals surface area contributed by atoms with Crippen LogP contribution in [0.1, 0.15) is 17.2 Å². The van der Waals surface area contributed by atoms with E-state index in [2.05, 4.69) is 0 Å². The Morgan fingerprint density at radius 1 is 1.29 bits per heavy atom. The van der Waals surface area contributed by atoms with Crippen LogP contribution < -0.4 is 5.73 Å². The summed E-state index contributed by atoms with van der Waals surface area (Å²) in [5, 5.41) is 0. The lowest BCUT2D eigenvalue weighted by atomic mass is 10.0. The van der Waals surface area contributed by atoms with Gasteiger partial charge in [-0.3, -0.25) is 0 Å². The van der Waals surface area contributed by atoms with Gasteiger partial charge in [-0.25, -0.2) is 13.2 Å². The minimum Gasteiger partial charge on any atom is -0.319 e. The molecule has 1 aromatic rings. The minimum atomic E-state index is -2.67. The van der Waals surface area contributed by atoms with E-state index in [0.717, 1.165) is 6.07 Å². The summed E-state index contributed by atoms with van der Waals surface area (Å²) in [7, 11) is 0. The molecule has 0 bridgehead atoms. The molecule has 14 heavy (non-hydrogen) atoms. The summed E-state index contributed by atoms with van der Waals surface area (Å²) >= 11 is 0. The molecule has 0 unspecified atom stereocenters. The zero-order chi connectivity index (χ0) is 10.0. The van der Waals surface area contributed by atoms with Gasteiger partial charge in [0.25, 0.3) is 6.43 Å². The number of alkyl halides is 2. The van der Waals surface area contributed by atoms with E-state index in [0.29, 0.717) is 5.56 Å². The maximum Gasteiger partial charge on any atom is 0.257 e. The van der Waals surface area contributed by atoms with E-state index in [1.54, 1.807) is 6.92 Å². The van der Waals surface area contributed by atoms with Gasteiger partial charge in [-0.05, 0) is 30.2 Å². The summed E-state index contributed by atoms with van der Waals surface area (Å²) in [4.78, 5) is 0. The third-order valence-corrected chi connectivity index (χ3v) is 1.87. The van der Waals surface area contributed by atoms with Gasteiger partial charge in [-0.15, -0.1) is 12.4 Å². The van der Waals surface area contributed by atoms with Gasteiger partial charge < -0.3 is 5.73 Å². The van der Waals surface area contributed by atoms with Gasteiger partial charge in [0.05, 0.1) is 6.04 Å². The number of aryl methyl sites for hydroxylation is 1. The highest BCUT2D eigenvalue weighted by atomic mass is 35.5. The normalized spacial score (nSPS) is 12.4. The van der Waals surface area contributed by atoms with Crippen LogP contribution in [0.15, 0.2) is 18.2 Å². The Morgan fingerprint density at radius 3 is 2.36 bits per heavy atom. The van der Waals surface area contributed by atoms with E-state index in [-0.39, 0.29) is 18.0 Å². The molecule has 1 rings (SSSR count). The first-order chi connectivity index (χ1) is 6.02. The fourth-order valence-corrected chi connectivity index (χ4v) is 1.11. The van der Waals surface area contributed by atoms with E-state index >= 15 is 0 Å². The summed E-state index contributed by atoms with van der Waals surface area (Å²) in [5.74, 6) is -0.545. The molecule has 0 saturated carbocycles. The molecule has 2 N–H and O–H groups in total. The van der Waals surface area contributed by atoms with Crippen LogP contribution in [0.3, 0.4) is 0 Å². The van der Waals surface area contributed by atoms with Crippen LogP contribution in [0.4, 0.5) is 13.2 Å². The van der Waals surface area contributed by atoms with Gasteiger partial charge in [0.1, 0.15) is 5.82 Å². The van der Waals surface area contributed by atoms with Crippen molar-refractivity contribution in [1.82, 2.24) is 0 Å². The Kier molecular flexibility index (Phi) is 4.94. The number of nitrogens with two attached hydrogens (primary N) is 1. The first-order valence-electron chi connectivity index (χ1n) is 3.82. The second-order valence-electron chi connectivity index (χ2n) is 2.86. The Morgan fingerprint density at radius 2 is 1.86 bits per heavy atom. The molecule has 1 atom stereocenters. The largest absolute Gasteiger partial charge is 0.319 e. The molecular formula is C9H11ClF3N. The van der Waals surface area contributed by atoms with Crippen LogP contribution in [-0.2, 0) is 0 Å². The van der Waals surface area contributed by atoms with Crippen molar-refractivity contribution in [2.24, 2.45) is 5.73 Å². The zero-order valence-corrected chi connectivity index (χ0v) is 8.32. The molecule has 1 aromatic carbocycles.